The van der Waals surface area contributed by atoms with Crippen LogP contribution < -0.4 is 0 Å². The molecular weight excluding hydrogens is 685 g/mol. The van der Waals surface area contributed by atoms with E-state index in [1.54, 1.807) is 0 Å². The van der Waals surface area contributed by atoms with Crippen LogP contribution in [0.3, 0.4) is 0 Å². The second kappa shape index (κ2) is 43.3. The Hall–Kier alpha value is -3.41. The predicted octanol–water partition coefficient (Wildman–Crippen LogP) is 14.1. The highest BCUT2D eigenvalue weighted by Crippen LogP contribution is 2.12. The number of hydrogen-bond acceptors (Lipinski definition) is 6. The largest absolute Gasteiger partial charge is 0.462 e. The van der Waals surface area contributed by atoms with Crippen LogP contribution in [0.1, 0.15) is 188 Å². The third-order valence-corrected chi connectivity index (χ3v) is 8.88. The van der Waals surface area contributed by atoms with Crippen LogP contribution in [0.25, 0.3) is 0 Å². The summed E-state index contributed by atoms with van der Waals surface area (Å²) in [4.78, 5) is 37.4. The monoisotopic (exact) mass is 765 g/mol. The summed E-state index contributed by atoms with van der Waals surface area (Å²) in [6.07, 6.45) is 54.6. The van der Waals surface area contributed by atoms with Crippen molar-refractivity contribution >= 4 is 17.9 Å². The maximum absolute atomic E-state index is 12.6. The molecule has 55 heavy (non-hydrogen) atoms. The molecule has 0 radical (unpaired) electrons. The van der Waals surface area contributed by atoms with Crippen molar-refractivity contribution in [3.63, 3.8) is 0 Å². The molecule has 0 heterocycles. The van der Waals surface area contributed by atoms with Crippen LogP contribution in [-0.2, 0) is 28.6 Å². The number of carbonyl (C=O) groups is 3. The lowest BCUT2D eigenvalue weighted by Gasteiger charge is -2.18. The molecule has 0 rings (SSSR count). The van der Waals surface area contributed by atoms with E-state index in [-0.39, 0.29) is 31.1 Å². The highest BCUT2D eigenvalue weighted by molar-refractivity contribution is 5.71. The van der Waals surface area contributed by atoms with Gasteiger partial charge in [-0.25, -0.2) is 0 Å². The first-order valence-corrected chi connectivity index (χ1v) is 22.1. The molecule has 0 aliphatic rings. The number of esters is 3. The van der Waals surface area contributed by atoms with Gasteiger partial charge in [-0.05, 0) is 89.9 Å². The summed E-state index contributed by atoms with van der Waals surface area (Å²) in [5.41, 5.74) is 0. The normalized spacial score (nSPS) is 12.9. The van der Waals surface area contributed by atoms with Crippen LogP contribution in [-0.4, -0.2) is 37.2 Å². The Labute approximate surface area is 337 Å². The van der Waals surface area contributed by atoms with Crippen LogP contribution in [0.15, 0.2) is 85.1 Å². The van der Waals surface area contributed by atoms with E-state index in [0.717, 1.165) is 122 Å². The van der Waals surface area contributed by atoms with Crippen molar-refractivity contribution in [1.29, 1.82) is 0 Å². The summed E-state index contributed by atoms with van der Waals surface area (Å²) in [6, 6.07) is 0. The zero-order valence-corrected chi connectivity index (χ0v) is 35.4. The molecule has 1 atom stereocenters. The number of ether oxygens (including phenoxy) is 3. The van der Waals surface area contributed by atoms with Crippen molar-refractivity contribution < 1.29 is 28.6 Å². The Bertz CT molecular complexity index is 1110. The number of carbonyl (C=O) groups excluding carboxylic acids is 3. The zero-order valence-electron chi connectivity index (χ0n) is 35.4. The molecule has 6 heteroatoms. The van der Waals surface area contributed by atoms with Crippen molar-refractivity contribution in [3.8, 4) is 0 Å². The first kappa shape index (κ1) is 51.6. The van der Waals surface area contributed by atoms with Gasteiger partial charge in [-0.3, -0.25) is 14.4 Å². The lowest BCUT2D eigenvalue weighted by molar-refractivity contribution is -0.167. The highest BCUT2D eigenvalue weighted by atomic mass is 16.6. The molecule has 0 bridgehead atoms. The molecule has 0 saturated heterocycles. The fourth-order valence-electron chi connectivity index (χ4n) is 5.54. The van der Waals surface area contributed by atoms with E-state index in [9.17, 15) is 14.4 Å². The van der Waals surface area contributed by atoms with E-state index in [1.165, 1.54) is 25.7 Å². The molecule has 0 N–H and O–H groups in total. The molecule has 312 valence electrons. The van der Waals surface area contributed by atoms with Gasteiger partial charge >= 0.3 is 17.9 Å². The molecule has 0 amide bonds. The second-order valence-electron chi connectivity index (χ2n) is 14.2. The summed E-state index contributed by atoms with van der Waals surface area (Å²) < 4.78 is 16.5. The van der Waals surface area contributed by atoms with Crippen LogP contribution in [0.2, 0.25) is 0 Å². The Morgan fingerprint density at radius 1 is 0.382 bits per heavy atom. The molecule has 1 unspecified atom stereocenters. The molecule has 0 aliphatic heterocycles. The first-order chi connectivity index (χ1) is 27.0. The Morgan fingerprint density at radius 3 is 1.22 bits per heavy atom. The summed E-state index contributed by atoms with van der Waals surface area (Å²) in [6.45, 7) is 6.32. The molecular formula is C49H80O6. The minimum absolute atomic E-state index is 0.0960. The number of unbranched alkanes of at least 4 members (excludes halogenated alkanes) is 13. The summed E-state index contributed by atoms with van der Waals surface area (Å²) >= 11 is 0. The van der Waals surface area contributed by atoms with E-state index in [4.69, 9.17) is 14.2 Å². The van der Waals surface area contributed by atoms with E-state index >= 15 is 0 Å². The fraction of sp³-hybridized carbons (Fsp3) is 0.653. The predicted molar refractivity (Wildman–Crippen MR) is 233 cm³/mol. The third kappa shape index (κ3) is 41.6. The van der Waals surface area contributed by atoms with E-state index in [0.29, 0.717) is 19.3 Å². The van der Waals surface area contributed by atoms with Gasteiger partial charge in [-0.15, -0.1) is 0 Å². The summed E-state index contributed by atoms with van der Waals surface area (Å²) in [7, 11) is 0. The van der Waals surface area contributed by atoms with Crippen LogP contribution in [0.5, 0.6) is 0 Å². The van der Waals surface area contributed by atoms with Crippen LogP contribution >= 0.6 is 0 Å². The van der Waals surface area contributed by atoms with Gasteiger partial charge in [0.1, 0.15) is 13.2 Å². The van der Waals surface area contributed by atoms with Gasteiger partial charge in [0.25, 0.3) is 0 Å². The quantitative estimate of drug-likeness (QED) is 0.0270. The van der Waals surface area contributed by atoms with Crippen molar-refractivity contribution in [1.82, 2.24) is 0 Å². The van der Waals surface area contributed by atoms with Crippen molar-refractivity contribution in [3.05, 3.63) is 85.1 Å². The molecule has 0 aromatic heterocycles. The van der Waals surface area contributed by atoms with Crippen molar-refractivity contribution in [2.45, 2.75) is 194 Å². The standard InChI is InChI=1S/C49H80O6/c1-4-7-10-13-15-17-19-20-21-22-23-24-25-26-27-28-30-31-33-36-39-42-48(51)54-45-46(44-53-47(50)41-38-35-12-9-6-3)55-49(52)43-40-37-34-32-29-18-16-14-11-8-5-2/h7,10,14-17,20-21,23-24,26-27,30-31,46H,4-6,8-9,11-13,18-19,22,25,28-29,32-45H2,1-3H3/b10-7-,16-14-,17-15-,21-20-,24-23-,27-26-,31-30-. The third-order valence-electron chi connectivity index (χ3n) is 8.88. The van der Waals surface area contributed by atoms with Gasteiger partial charge in [0.15, 0.2) is 6.10 Å². The van der Waals surface area contributed by atoms with Gasteiger partial charge in [0.2, 0.25) is 0 Å². The topological polar surface area (TPSA) is 78.9 Å². The Morgan fingerprint density at radius 2 is 0.727 bits per heavy atom. The molecule has 6 nitrogen and oxygen atoms in total. The molecule has 0 aromatic carbocycles. The second-order valence-corrected chi connectivity index (χ2v) is 14.2. The maximum atomic E-state index is 12.6. The number of hydrogen-bond donors (Lipinski definition) is 0. The highest BCUT2D eigenvalue weighted by Gasteiger charge is 2.19. The Balaban J connectivity index is 4.31. The SMILES string of the molecule is CC/C=C\C/C=C\C/C=C\C/C=C\C/C=C\C/C=C\CCCCC(=O)OCC(COC(=O)CCCCCCC)OC(=O)CCCCCCC/C=C\CCCC. The number of rotatable bonds is 38. The average Bonchev–Trinajstić information content (AvgIpc) is 3.18. The molecule has 0 fully saturated rings. The zero-order chi connectivity index (χ0) is 40.1. The first-order valence-electron chi connectivity index (χ1n) is 22.1. The molecule has 0 aliphatic carbocycles. The van der Waals surface area contributed by atoms with Gasteiger partial charge in [-0.2, -0.15) is 0 Å². The average molecular weight is 765 g/mol. The fourth-order valence-corrected chi connectivity index (χ4v) is 5.54. The van der Waals surface area contributed by atoms with Gasteiger partial charge < -0.3 is 14.2 Å². The van der Waals surface area contributed by atoms with E-state index < -0.39 is 6.10 Å². The molecule has 0 aromatic rings. The maximum Gasteiger partial charge on any atom is 0.306 e. The van der Waals surface area contributed by atoms with Crippen LogP contribution in [0.4, 0.5) is 0 Å². The minimum atomic E-state index is -0.793. The van der Waals surface area contributed by atoms with Crippen molar-refractivity contribution in [2.75, 3.05) is 13.2 Å². The van der Waals surface area contributed by atoms with Gasteiger partial charge in [-0.1, -0.05) is 164 Å². The molecule has 0 spiro atoms. The minimum Gasteiger partial charge on any atom is -0.462 e. The lowest BCUT2D eigenvalue weighted by atomic mass is 10.1. The van der Waals surface area contributed by atoms with Crippen molar-refractivity contribution in [2.24, 2.45) is 0 Å². The smallest absolute Gasteiger partial charge is 0.306 e. The van der Waals surface area contributed by atoms with E-state index in [1.807, 2.05) is 0 Å². The van der Waals surface area contributed by atoms with Crippen LogP contribution in [0, 0.1) is 0 Å². The van der Waals surface area contributed by atoms with Gasteiger partial charge in [0.05, 0.1) is 0 Å². The summed E-state index contributed by atoms with van der Waals surface area (Å²) in [5, 5.41) is 0. The summed E-state index contributed by atoms with van der Waals surface area (Å²) in [5.74, 6) is -0.975. The Kier molecular flexibility index (Phi) is 40.6. The molecule has 0 saturated carbocycles. The lowest BCUT2D eigenvalue weighted by Crippen LogP contribution is -2.30. The van der Waals surface area contributed by atoms with Gasteiger partial charge in [0, 0.05) is 19.3 Å². The van der Waals surface area contributed by atoms with E-state index in [2.05, 4.69) is 106 Å². The number of allylic oxidation sites excluding steroid dienone is 14.